The maximum Gasteiger partial charge on any atom is 0.331 e. The molecule has 2 N–H and O–H groups in total. The number of methoxy groups -OCH3 is 1. The fourth-order valence-corrected chi connectivity index (χ4v) is 3.95. The molecule has 2 aliphatic rings. The lowest BCUT2D eigenvalue weighted by molar-refractivity contribution is -0.148. The second-order valence-corrected chi connectivity index (χ2v) is 7.48. The van der Waals surface area contributed by atoms with Crippen LogP contribution in [-0.4, -0.2) is 50.8 Å². The lowest BCUT2D eigenvalue weighted by Gasteiger charge is -2.29. The summed E-state index contributed by atoms with van der Waals surface area (Å²) in [4.78, 5) is 23.7. The Morgan fingerprint density at radius 3 is 2.29 bits per heavy atom. The van der Waals surface area contributed by atoms with Gasteiger partial charge in [-0.1, -0.05) is 12.1 Å². The highest BCUT2D eigenvalue weighted by Gasteiger charge is 2.24. The first-order chi connectivity index (χ1) is 13.2. The van der Waals surface area contributed by atoms with E-state index in [1.807, 2.05) is 12.1 Å². The number of carbonyl (C=O) groups is 2. The van der Waals surface area contributed by atoms with Crippen LogP contribution in [0.5, 0.6) is 0 Å². The molecule has 0 radical (unpaired) electrons. The zero-order valence-corrected chi connectivity index (χ0v) is 17.3. The zero-order chi connectivity index (χ0) is 19.1. The largest absolute Gasteiger partial charge is 0.467 e. The third kappa shape index (κ3) is 6.47. The second kappa shape index (κ2) is 11.4. The van der Waals surface area contributed by atoms with Gasteiger partial charge in [0, 0.05) is 11.6 Å². The van der Waals surface area contributed by atoms with Crippen LogP contribution in [0.2, 0.25) is 0 Å². The monoisotopic (exact) mass is 410 g/mol. The van der Waals surface area contributed by atoms with Gasteiger partial charge in [-0.05, 0) is 75.2 Å². The maximum absolute atomic E-state index is 12.5. The fraction of sp³-hybridized carbons (Fsp3) is 0.619. The van der Waals surface area contributed by atoms with Gasteiger partial charge in [0.05, 0.1) is 13.2 Å². The van der Waals surface area contributed by atoms with Gasteiger partial charge < -0.3 is 20.1 Å². The Morgan fingerprint density at radius 2 is 1.68 bits per heavy atom. The first-order valence-corrected chi connectivity index (χ1v) is 9.95. The lowest BCUT2D eigenvalue weighted by atomic mass is 9.89. The van der Waals surface area contributed by atoms with E-state index in [2.05, 4.69) is 27.5 Å². The highest BCUT2D eigenvalue weighted by Crippen LogP contribution is 2.25. The molecule has 156 valence electrons. The smallest absolute Gasteiger partial charge is 0.331 e. The summed E-state index contributed by atoms with van der Waals surface area (Å²) in [6, 6.07) is 8.25. The van der Waals surface area contributed by atoms with Crippen molar-refractivity contribution in [3.8, 4) is 0 Å². The predicted molar refractivity (Wildman–Crippen MR) is 110 cm³/mol. The zero-order valence-electron chi connectivity index (χ0n) is 16.4. The average molecular weight is 411 g/mol. The molecule has 2 fully saturated rings. The SMILES string of the molecule is COC(=O)COC1CCC(NC(=O)c2ccc(C3CCNCC3)cc2)CC1.Cl. The normalized spacial score (nSPS) is 22.8. The molecular formula is C21H31ClN2O4. The van der Waals surface area contributed by atoms with Gasteiger partial charge in [-0.25, -0.2) is 4.79 Å². The molecule has 28 heavy (non-hydrogen) atoms. The number of halogens is 1. The van der Waals surface area contributed by atoms with Crippen LogP contribution in [0.25, 0.3) is 0 Å². The molecule has 0 unspecified atom stereocenters. The molecule has 1 saturated carbocycles. The molecule has 1 heterocycles. The molecule has 1 amide bonds. The summed E-state index contributed by atoms with van der Waals surface area (Å²) in [6.45, 7) is 2.14. The maximum atomic E-state index is 12.5. The van der Waals surface area contributed by atoms with Crippen molar-refractivity contribution < 1.29 is 19.1 Å². The van der Waals surface area contributed by atoms with Gasteiger partial charge >= 0.3 is 5.97 Å². The van der Waals surface area contributed by atoms with Crippen LogP contribution >= 0.6 is 12.4 Å². The second-order valence-electron chi connectivity index (χ2n) is 7.48. The molecule has 1 saturated heterocycles. The third-order valence-electron chi connectivity index (χ3n) is 5.66. The Hall–Kier alpha value is -1.63. The highest BCUT2D eigenvalue weighted by atomic mass is 35.5. The number of ether oxygens (including phenoxy) is 2. The van der Waals surface area contributed by atoms with Crippen LogP contribution in [0.15, 0.2) is 24.3 Å². The minimum atomic E-state index is -0.349. The summed E-state index contributed by atoms with van der Waals surface area (Å²) in [6.07, 6.45) is 5.81. The number of carbonyl (C=O) groups excluding carboxylic acids is 2. The van der Waals surface area contributed by atoms with Crippen molar-refractivity contribution in [3.63, 3.8) is 0 Å². The molecule has 3 rings (SSSR count). The number of piperidine rings is 1. The van der Waals surface area contributed by atoms with Gasteiger partial charge in [0.2, 0.25) is 0 Å². The summed E-state index contributed by atoms with van der Waals surface area (Å²) < 4.78 is 10.1. The van der Waals surface area contributed by atoms with Gasteiger partial charge in [-0.15, -0.1) is 12.4 Å². The highest BCUT2D eigenvalue weighted by molar-refractivity contribution is 5.94. The molecule has 0 spiro atoms. The van der Waals surface area contributed by atoms with Gasteiger partial charge in [0.25, 0.3) is 5.91 Å². The molecule has 0 atom stereocenters. The van der Waals surface area contributed by atoms with Crippen molar-refractivity contribution in [2.75, 3.05) is 26.8 Å². The van der Waals surface area contributed by atoms with Crippen LogP contribution in [0.4, 0.5) is 0 Å². The van der Waals surface area contributed by atoms with Crippen molar-refractivity contribution in [2.45, 2.75) is 56.6 Å². The molecule has 1 aromatic rings. The Bertz CT molecular complexity index is 624. The van der Waals surface area contributed by atoms with E-state index >= 15 is 0 Å². The van der Waals surface area contributed by atoms with Crippen LogP contribution < -0.4 is 10.6 Å². The van der Waals surface area contributed by atoms with Gasteiger partial charge in [0.15, 0.2) is 0 Å². The Labute approximate surface area is 173 Å². The first kappa shape index (κ1) is 22.7. The van der Waals surface area contributed by atoms with E-state index in [0.29, 0.717) is 5.92 Å². The summed E-state index contributed by atoms with van der Waals surface area (Å²) in [5, 5.41) is 6.52. The van der Waals surface area contributed by atoms with E-state index < -0.39 is 0 Å². The van der Waals surface area contributed by atoms with E-state index in [-0.39, 0.29) is 43.0 Å². The fourth-order valence-electron chi connectivity index (χ4n) is 3.95. The van der Waals surface area contributed by atoms with Crippen molar-refractivity contribution >= 4 is 24.3 Å². The third-order valence-corrected chi connectivity index (χ3v) is 5.66. The molecular weight excluding hydrogens is 380 g/mol. The van der Waals surface area contributed by atoms with Crippen molar-refractivity contribution in [1.29, 1.82) is 0 Å². The number of hydrogen-bond donors (Lipinski definition) is 2. The Kier molecular flexibility index (Phi) is 9.22. The molecule has 1 aliphatic heterocycles. The van der Waals surface area contributed by atoms with Crippen LogP contribution in [0.1, 0.15) is 60.4 Å². The quantitative estimate of drug-likeness (QED) is 0.705. The molecule has 6 nitrogen and oxygen atoms in total. The minimum absolute atomic E-state index is 0. The van der Waals surface area contributed by atoms with E-state index in [1.54, 1.807) is 0 Å². The molecule has 1 aromatic carbocycles. The van der Waals surface area contributed by atoms with E-state index in [1.165, 1.54) is 12.7 Å². The summed E-state index contributed by atoms with van der Waals surface area (Å²) in [7, 11) is 1.36. The van der Waals surface area contributed by atoms with E-state index in [9.17, 15) is 9.59 Å². The number of nitrogens with one attached hydrogen (secondary N) is 2. The molecule has 1 aliphatic carbocycles. The van der Waals surface area contributed by atoms with Crippen LogP contribution in [0.3, 0.4) is 0 Å². The van der Waals surface area contributed by atoms with Crippen molar-refractivity contribution in [1.82, 2.24) is 10.6 Å². The number of rotatable bonds is 6. The number of esters is 1. The number of amides is 1. The van der Waals surface area contributed by atoms with E-state index in [4.69, 9.17) is 4.74 Å². The standard InChI is InChI=1S/C21H30N2O4.ClH/c1-26-20(24)14-27-19-8-6-18(7-9-19)23-21(25)17-4-2-15(3-5-17)16-10-12-22-13-11-16;/h2-5,16,18-19,22H,6-14H2,1H3,(H,23,25);1H. The van der Waals surface area contributed by atoms with Crippen LogP contribution in [0, 0.1) is 0 Å². The summed E-state index contributed by atoms with van der Waals surface area (Å²) in [5.41, 5.74) is 2.05. The van der Waals surface area contributed by atoms with E-state index in [0.717, 1.165) is 57.2 Å². The molecule has 0 bridgehead atoms. The van der Waals surface area contributed by atoms with Gasteiger partial charge in [0.1, 0.15) is 6.61 Å². The molecule has 7 heteroatoms. The Morgan fingerprint density at radius 1 is 1.04 bits per heavy atom. The van der Waals surface area contributed by atoms with Gasteiger partial charge in [-0.2, -0.15) is 0 Å². The topological polar surface area (TPSA) is 76.7 Å². The summed E-state index contributed by atoms with van der Waals surface area (Å²) >= 11 is 0. The summed E-state index contributed by atoms with van der Waals surface area (Å²) in [5.74, 6) is 0.243. The average Bonchev–Trinajstić information content (AvgIpc) is 2.73. The number of hydrogen-bond acceptors (Lipinski definition) is 5. The lowest BCUT2D eigenvalue weighted by Crippen LogP contribution is -2.39. The van der Waals surface area contributed by atoms with Crippen molar-refractivity contribution in [2.24, 2.45) is 0 Å². The molecule has 0 aromatic heterocycles. The van der Waals surface area contributed by atoms with Gasteiger partial charge in [-0.3, -0.25) is 4.79 Å². The minimum Gasteiger partial charge on any atom is -0.467 e. The predicted octanol–water partition coefficient (Wildman–Crippen LogP) is 2.81. The Balaban J connectivity index is 0.00000280. The van der Waals surface area contributed by atoms with Crippen LogP contribution in [-0.2, 0) is 14.3 Å². The first-order valence-electron chi connectivity index (χ1n) is 9.95. The van der Waals surface area contributed by atoms with Crippen molar-refractivity contribution in [3.05, 3.63) is 35.4 Å². The number of benzene rings is 1.